The van der Waals surface area contributed by atoms with E-state index in [0.717, 1.165) is 12.1 Å². The number of nitro groups is 1. The summed E-state index contributed by atoms with van der Waals surface area (Å²) < 4.78 is 14.6. The van der Waals surface area contributed by atoms with Crippen LogP contribution in [0.1, 0.15) is 10.4 Å². The van der Waals surface area contributed by atoms with Gasteiger partial charge in [-0.15, -0.1) is 0 Å². The van der Waals surface area contributed by atoms with Crippen LogP contribution in [0.3, 0.4) is 0 Å². The summed E-state index contributed by atoms with van der Waals surface area (Å²) in [6.45, 7) is 0. The van der Waals surface area contributed by atoms with Crippen molar-refractivity contribution in [3.05, 3.63) is 62.9 Å². The largest absolute Gasteiger partial charge is 0.494 e. The van der Waals surface area contributed by atoms with E-state index < -0.39 is 34.1 Å². The molecule has 27 heavy (non-hydrogen) atoms. The van der Waals surface area contributed by atoms with Gasteiger partial charge in [0.15, 0.2) is 5.82 Å². The van der Waals surface area contributed by atoms with Crippen LogP contribution in [0.15, 0.2) is 36.4 Å². The van der Waals surface area contributed by atoms with Gasteiger partial charge in [0.1, 0.15) is 5.56 Å². The Labute approximate surface area is 154 Å². The number of fused-ring (bicyclic) bond motifs is 1. The van der Waals surface area contributed by atoms with Crippen LogP contribution in [-0.4, -0.2) is 26.5 Å². The Morgan fingerprint density at radius 2 is 2.00 bits per heavy atom. The van der Waals surface area contributed by atoms with E-state index in [9.17, 15) is 29.2 Å². The number of anilines is 1. The van der Waals surface area contributed by atoms with E-state index in [-0.39, 0.29) is 27.3 Å². The molecule has 0 aliphatic heterocycles. The Morgan fingerprint density at radius 1 is 1.30 bits per heavy atom. The molecule has 0 saturated heterocycles. The molecule has 0 radical (unpaired) electrons. The van der Waals surface area contributed by atoms with E-state index >= 15 is 0 Å². The summed E-state index contributed by atoms with van der Waals surface area (Å²) >= 11 is 5.66. The number of hydrogen-bond donors (Lipinski definition) is 3. The third kappa shape index (κ3) is 3.02. The van der Waals surface area contributed by atoms with Gasteiger partial charge in [-0.25, -0.2) is 13.8 Å². The van der Waals surface area contributed by atoms with Gasteiger partial charge >= 0.3 is 6.03 Å². The average Bonchev–Trinajstić information content (AvgIpc) is 2.89. The fraction of sp³-hybridized carbons (Fsp3) is 0. The van der Waals surface area contributed by atoms with Gasteiger partial charge in [0.2, 0.25) is 5.88 Å². The molecule has 138 valence electrons. The van der Waals surface area contributed by atoms with Crippen molar-refractivity contribution < 1.29 is 24.0 Å². The van der Waals surface area contributed by atoms with Gasteiger partial charge in [0.05, 0.1) is 21.2 Å². The highest BCUT2D eigenvalue weighted by atomic mass is 35.5. The predicted octanol–water partition coefficient (Wildman–Crippen LogP) is 3.23. The smallest absolute Gasteiger partial charge is 0.326 e. The van der Waals surface area contributed by atoms with E-state index in [1.165, 1.54) is 24.3 Å². The van der Waals surface area contributed by atoms with Crippen molar-refractivity contribution in [2.75, 3.05) is 5.32 Å². The molecule has 0 aliphatic rings. The first-order valence-electron chi connectivity index (χ1n) is 7.29. The van der Waals surface area contributed by atoms with Crippen molar-refractivity contribution in [2.45, 2.75) is 0 Å². The lowest BCUT2D eigenvalue weighted by atomic mass is 10.1. The second-order valence-electron chi connectivity index (χ2n) is 5.39. The highest BCUT2D eigenvalue weighted by Gasteiger charge is 2.27. The monoisotopic (exact) mass is 392 g/mol. The Bertz CT molecular complexity index is 1130. The lowest BCUT2D eigenvalue weighted by Gasteiger charge is -2.07. The molecule has 0 aliphatic carbocycles. The number of benzene rings is 2. The van der Waals surface area contributed by atoms with Gasteiger partial charge in [-0.1, -0.05) is 17.7 Å². The molecule has 3 aromatic rings. The summed E-state index contributed by atoms with van der Waals surface area (Å²) in [5.41, 5.74) is 4.01. The lowest BCUT2D eigenvalue weighted by molar-refractivity contribution is -0.384. The normalized spacial score (nSPS) is 10.7. The molecule has 0 bridgehead atoms. The SMILES string of the molecule is NC(=O)n1c(O)c(C(=O)Nc2cccc(Cl)c2F)c2ccc([N+](=O)[O-])cc21. The van der Waals surface area contributed by atoms with E-state index in [4.69, 9.17) is 17.3 Å². The number of rotatable bonds is 3. The molecule has 2 aromatic carbocycles. The fourth-order valence-corrected chi connectivity index (χ4v) is 2.78. The first-order valence-corrected chi connectivity index (χ1v) is 7.67. The zero-order chi connectivity index (χ0) is 19.9. The van der Waals surface area contributed by atoms with Crippen LogP contribution < -0.4 is 11.1 Å². The van der Waals surface area contributed by atoms with Crippen molar-refractivity contribution in [1.82, 2.24) is 4.57 Å². The van der Waals surface area contributed by atoms with Crippen LogP contribution in [0.2, 0.25) is 5.02 Å². The van der Waals surface area contributed by atoms with Crippen LogP contribution in [0, 0.1) is 15.9 Å². The minimum Gasteiger partial charge on any atom is -0.494 e. The number of hydrogen-bond acceptors (Lipinski definition) is 5. The van der Waals surface area contributed by atoms with Crippen molar-refractivity contribution in [3.63, 3.8) is 0 Å². The van der Waals surface area contributed by atoms with E-state index in [2.05, 4.69) is 5.32 Å². The number of carbonyl (C=O) groups excluding carboxylic acids is 2. The molecular weight excluding hydrogens is 383 g/mol. The molecule has 2 amide bonds. The Kier molecular flexibility index (Phi) is 4.42. The van der Waals surface area contributed by atoms with Crippen molar-refractivity contribution in [3.8, 4) is 5.88 Å². The maximum atomic E-state index is 14.0. The summed E-state index contributed by atoms with van der Waals surface area (Å²) in [6.07, 6.45) is 0. The standard InChI is InChI=1S/C16H10ClFN4O5/c17-9-2-1-3-10(13(9)18)20-14(23)12-8-5-4-7(22(26)27)6-11(8)21(15(12)24)16(19)25/h1-6,24H,(H2,19,25)(H,20,23). The summed E-state index contributed by atoms with van der Waals surface area (Å²) in [6, 6.07) is 6.01. The number of nitro benzene ring substituents is 1. The number of aromatic nitrogens is 1. The van der Waals surface area contributed by atoms with Crippen LogP contribution in [-0.2, 0) is 0 Å². The molecule has 3 rings (SSSR count). The van der Waals surface area contributed by atoms with Crippen LogP contribution in [0.4, 0.5) is 20.6 Å². The summed E-state index contributed by atoms with van der Waals surface area (Å²) in [5.74, 6) is -2.69. The fourth-order valence-electron chi connectivity index (χ4n) is 2.61. The van der Waals surface area contributed by atoms with Gasteiger partial charge < -0.3 is 16.2 Å². The van der Waals surface area contributed by atoms with Crippen molar-refractivity contribution in [2.24, 2.45) is 5.73 Å². The average molecular weight is 393 g/mol. The van der Waals surface area contributed by atoms with Gasteiger partial charge in [-0.2, -0.15) is 0 Å². The molecule has 11 heteroatoms. The van der Waals surface area contributed by atoms with Crippen LogP contribution in [0.25, 0.3) is 10.9 Å². The molecule has 1 heterocycles. The molecule has 1 aromatic heterocycles. The number of nitrogens with zero attached hydrogens (tertiary/aromatic N) is 2. The lowest BCUT2D eigenvalue weighted by Crippen LogP contribution is -2.19. The Morgan fingerprint density at radius 3 is 2.63 bits per heavy atom. The summed E-state index contributed by atoms with van der Waals surface area (Å²) in [7, 11) is 0. The number of amides is 2. The number of halogens is 2. The van der Waals surface area contributed by atoms with Gasteiger partial charge in [-0.3, -0.25) is 14.9 Å². The first kappa shape index (κ1) is 18.1. The minimum atomic E-state index is -1.16. The number of carbonyl (C=O) groups is 2. The molecule has 0 fully saturated rings. The minimum absolute atomic E-state index is 0.0110. The topological polar surface area (TPSA) is 140 Å². The van der Waals surface area contributed by atoms with Gasteiger partial charge in [0, 0.05) is 17.5 Å². The number of aromatic hydroxyl groups is 1. The molecule has 0 atom stereocenters. The second-order valence-corrected chi connectivity index (χ2v) is 5.79. The molecular formula is C16H10ClFN4O5. The first-order chi connectivity index (χ1) is 12.7. The second kappa shape index (κ2) is 6.57. The Balaban J connectivity index is 2.17. The molecule has 4 N–H and O–H groups in total. The Hall–Kier alpha value is -3.66. The molecule has 0 spiro atoms. The maximum absolute atomic E-state index is 14.0. The van der Waals surface area contributed by atoms with Gasteiger partial charge in [-0.05, 0) is 18.2 Å². The summed E-state index contributed by atoms with van der Waals surface area (Å²) in [4.78, 5) is 34.5. The number of non-ortho nitro benzene ring substituents is 1. The highest BCUT2D eigenvalue weighted by molar-refractivity contribution is 6.31. The maximum Gasteiger partial charge on any atom is 0.326 e. The van der Waals surface area contributed by atoms with Crippen molar-refractivity contribution >= 4 is 45.8 Å². The summed E-state index contributed by atoms with van der Waals surface area (Å²) in [5, 5.41) is 23.3. The number of nitrogens with two attached hydrogens (primary N) is 1. The molecule has 0 saturated carbocycles. The van der Waals surface area contributed by atoms with E-state index in [0.29, 0.717) is 4.57 Å². The van der Waals surface area contributed by atoms with E-state index in [1.54, 1.807) is 0 Å². The quantitative estimate of drug-likeness (QED) is 0.463. The number of primary amides is 1. The van der Waals surface area contributed by atoms with E-state index in [1.807, 2.05) is 0 Å². The predicted molar refractivity (Wildman–Crippen MR) is 94.6 cm³/mol. The van der Waals surface area contributed by atoms with Crippen LogP contribution >= 0.6 is 11.6 Å². The number of nitrogens with one attached hydrogen (secondary N) is 1. The highest BCUT2D eigenvalue weighted by Crippen LogP contribution is 2.34. The zero-order valence-corrected chi connectivity index (χ0v) is 14.0. The zero-order valence-electron chi connectivity index (χ0n) is 13.3. The third-order valence-electron chi connectivity index (χ3n) is 3.79. The van der Waals surface area contributed by atoms with Crippen LogP contribution in [0.5, 0.6) is 5.88 Å². The van der Waals surface area contributed by atoms with Gasteiger partial charge in [0.25, 0.3) is 11.6 Å². The molecule has 0 unspecified atom stereocenters. The van der Waals surface area contributed by atoms with Crippen molar-refractivity contribution in [1.29, 1.82) is 0 Å². The third-order valence-corrected chi connectivity index (χ3v) is 4.08. The molecule has 9 nitrogen and oxygen atoms in total.